The summed E-state index contributed by atoms with van der Waals surface area (Å²) in [5.74, 6) is 0. The van der Waals surface area contributed by atoms with E-state index in [0.29, 0.717) is 18.1 Å². The number of aromatic nitrogens is 1. The topological polar surface area (TPSA) is 65.7 Å². The summed E-state index contributed by atoms with van der Waals surface area (Å²) in [7, 11) is -3.08. The molecular weight excluding hydrogens is 323 g/mol. The number of fused-ring (bicyclic) bond motifs is 1. The highest BCUT2D eigenvalue weighted by Gasteiger charge is 2.44. The molecule has 1 aromatic heterocycles. The Labute approximate surface area is 144 Å². The maximum Gasteiger partial charge on any atom is 0.342 e. The summed E-state index contributed by atoms with van der Waals surface area (Å²) < 4.78 is 3.93. The zero-order chi connectivity index (χ0) is 17.9. The lowest BCUT2D eigenvalue weighted by molar-refractivity contribution is 0.112. The van der Waals surface area contributed by atoms with Gasteiger partial charge in [-0.05, 0) is 52.0 Å². The fourth-order valence-corrected chi connectivity index (χ4v) is 5.67. The Hall–Kier alpha value is -1.26. The molecule has 24 heavy (non-hydrogen) atoms. The van der Waals surface area contributed by atoms with Gasteiger partial charge in [0.15, 0.2) is 0 Å². The second-order valence-electron chi connectivity index (χ2n) is 6.78. The normalized spacial score (nSPS) is 12.7. The minimum atomic E-state index is -3.08. The van der Waals surface area contributed by atoms with Gasteiger partial charge in [0.1, 0.15) is 12.4 Å². The standard InChI is InChI=1S/C18H28N2O3P/c1-14(2)20(15(3)4)24(22,23)11-5-9-19-10-8-17-12-16(13-21)6-7-18(17)19/h6-8,10,12-15,22-23H,5,9,11H2,1-4H3/q+1. The molecule has 0 aliphatic rings. The van der Waals surface area contributed by atoms with Gasteiger partial charge < -0.3 is 4.57 Å². The Bertz CT molecular complexity index is 687. The second-order valence-corrected chi connectivity index (χ2v) is 9.08. The predicted molar refractivity (Wildman–Crippen MR) is 100 cm³/mol. The first-order valence-corrected chi connectivity index (χ1v) is 10.3. The number of hydrogen-bond donors (Lipinski definition) is 2. The van der Waals surface area contributed by atoms with Gasteiger partial charge in [-0.15, -0.1) is 4.67 Å². The SMILES string of the molecule is CC(C)N(C(C)C)[P+](O)(O)CCCn1ccc2cc(C=O)ccc21. The second kappa shape index (κ2) is 7.75. The molecule has 0 radical (unpaired) electrons. The lowest BCUT2D eigenvalue weighted by atomic mass is 10.2. The van der Waals surface area contributed by atoms with E-state index in [-0.39, 0.29) is 12.1 Å². The van der Waals surface area contributed by atoms with Crippen LogP contribution >= 0.6 is 7.87 Å². The molecule has 0 aliphatic heterocycles. The number of aldehydes is 1. The van der Waals surface area contributed by atoms with E-state index in [1.54, 1.807) is 6.07 Å². The van der Waals surface area contributed by atoms with Crippen molar-refractivity contribution in [1.82, 2.24) is 9.24 Å². The van der Waals surface area contributed by atoms with E-state index in [1.165, 1.54) is 0 Å². The van der Waals surface area contributed by atoms with E-state index < -0.39 is 7.87 Å². The van der Waals surface area contributed by atoms with Crippen LogP contribution in [0.3, 0.4) is 0 Å². The molecule has 1 aromatic carbocycles. The predicted octanol–water partition coefficient (Wildman–Crippen LogP) is 3.71. The van der Waals surface area contributed by atoms with Crippen LogP contribution < -0.4 is 0 Å². The van der Waals surface area contributed by atoms with E-state index in [4.69, 9.17) is 0 Å². The van der Waals surface area contributed by atoms with Gasteiger partial charge in [0.05, 0.1) is 0 Å². The van der Waals surface area contributed by atoms with Crippen molar-refractivity contribution in [2.45, 2.75) is 52.7 Å². The van der Waals surface area contributed by atoms with E-state index in [2.05, 4.69) is 4.57 Å². The fraction of sp³-hybridized carbons (Fsp3) is 0.500. The molecule has 6 heteroatoms. The number of nitrogens with zero attached hydrogens (tertiary/aromatic N) is 2. The molecule has 0 atom stereocenters. The summed E-state index contributed by atoms with van der Waals surface area (Å²) in [4.78, 5) is 32.0. The smallest absolute Gasteiger partial charge is 0.342 e. The highest BCUT2D eigenvalue weighted by molar-refractivity contribution is 7.62. The lowest BCUT2D eigenvalue weighted by Crippen LogP contribution is -2.37. The van der Waals surface area contributed by atoms with E-state index >= 15 is 0 Å². The molecule has 0 saturated heterocycles. The Morgan fingerprint density at radius 1 is 1.17 bits per heavy atom. The van der Waals surface area contributed by atoms with E-state index in [9.17, 15) is 14.6 Å². The van der Waals surface area contributed by atoms with Crippen molar-refractivity contribution in [2.75, 3.05) is 6.16 Å². The third kappa shape index (κ3) is 4.22. The largest absolute Gasteiger partial charge is 0.347 e. The van der Waals surface area contributed by atoms with Gasteiger partial charge in [-0.25, -0.2) is 9.79 Å². The average molecular weight is 351 g/mol. The van der Waals surface area contributed by atoms with Crippen LogP contribution in [0.25, 0.3) is 10.9 Å². The van der Waals surface area contributed by atoms with Crippen LogP contribution in [0.1, 0.15) is 44.5 Å². The van der Waals surface area contributed by atoms with E-state index in [0.717, 1.165) is 23.7 Å². The molecule has 0 unspecified atom stereocenters. The minimum Gasteiger partial charge on any atom is -0.347 e. The van der Waals surface area contributed by atoms with Crippen LogP contribution in [0, 0.1) is 0 Å². The number of benzene rings is 1. The zero-order valence-electron chi connectivity index (χ0n) is 14.9. The molecule has 0 amide bonds. The maximum atomic E-state index is 10.8. The summed E-state index contributed by atoms with van der Waals surface area (Å²) in [6, 6.07) is 7.80. The Morgan fingerprint density at radius 2 is 1.83 bits per heavy atom. The molecule has 2 aromatic rings. The average Bonchev–Trinajstić information content (AvgIpc) is 2.88. The number of carbonyl (C=O) groups excluding carboxylic acids is 1. The molecule has 2 N–H and O–H groups in total. The van der Waals surface area contributed by atoms with Crippen molar-refractivity contribution in [2.24, 2.45) is 0 Å². The zero-order valence-corrected chi connectivity index (χ0v) is 15.8. The van der Waals surface area contributed by atoms with Crippen LogP contribution in [-0.4, -0.2) is 43.6 Å². The molecule has 132 valence electrons. The Morgan fingerprint density at radius 3 is 2.42 bits per heavy atom. The fourth-order valence-electron chi connectivity index (χ4n) is 3.39. The van der Waals surface area contributed by atoms with Gasteiger partial charge in [0.25, 0.3) is 0 Å². The first-order chi connectivity index (χ1) is 11.3. The lowest BCUT2D eigenvalue weighted by Gasteiger charge is -2.32. The third-order valence-corrected chi connectivity index (χ3v) is 6.80. The first-order valence-electron chi connectivity index (χ1n) is 8.42. The van der Waals surface area contributed by atoms with Gasteiger partial charge in [-0.2, -0.15) is 0 Å². The van der Waals surface area contributed by atoms with Crippen molar-refractivity contribution in [3.05, 3.63) is 36.0 Å². The molecule has 0 fully saturated rings. The monoisotopic (exact) mass is 351 g/mol. The van der Waals surface area contributed by atoms with Crippen molar-refractivity contribution >= 4 is 25.1 Å². The molecule has 2 rings (SSSR count). The highest BCUT2D eigenvalue weighted by Crippen LogP contribution is 2.56. The summed E-state index contributed by atoms with van der Waals surface area (Å²) in [5.41, 5.74) is 1.73. The summed E-state index contributed by atoms with van der Waals surface area (Å²) in [5, 5.41) is 1.03. The molecule has 0 spiro atoms. The van der Waals surface area contributed by atoms with Gasteiger partial charge in [-0.1, -0.05) is 0 Å². The van der Waals surface area contributed by atoms with Crippen LogP contribution in [0.2, 0.25) is 0 Å². The molecule has 0 bridgehead atoms. The molecule has 5 nitrogen and oxygen atoms in total. The van der Waals surface area contributed by atoms with Crippen LogP contribution in [-0.2, 0) is 6.54 Å². The number of rotatable bonds is 8. The quantitative estimate of drug-likeness (QED) is 0.562. The molecular formula is C18H28N2O3P+. The highest BCUT2D eigenvalue weighted by atomic mass is 31.2. The van der Waals surface area contributed by atoms with Gasteiger partial charge in [0, 0.05) is 47.7 Å². The molecule has 0 aliphatic carbocycles. The summed E-state index contributed by atoms with van der Waals surface area (Å²) in [6.07, 6.45) is 3.90. The number of carbonyl (C=O) groups is 1. The van der Waals surface area contributed by atoms with E-state index in [1.807, 2.05) is 56.8 Å². The third-order valence-electron chi connectivity index (χ3n) is 4.22. The Balaban J connectivity index is 2.04. The molecule has 1 heterocycles. The molecule has 0 saturated carbocycles. The number of hydrogen-bond acceptors (Lipinski definition) is 4. The minimum absolute atomic E-state index is 0.0995. The summed E-state index contributed by atoms with van der Waals surface area (Å²) >= 11 is 0. The Kier molecular flexibility index (Phi) is 6.16. The first kappa shape index (κ1) is 19.1. The summed E-state index contributed by atoms with van der Waals surface area (Å²) in [6.45, 7) is 8.68. The van der Waals surface area contributed by atoms with Crippen molar-refractivity contribution in [3.8, 4) is 0 Å². The van der Waals surface area contributed by atoms with Crippen molar-refractivity contribution in [1.29, 1.82) is 0 Å². The van der Waals surface area contributed by atoms with Crippen LogP contribution in [0.15, 0.2) is 30.5 Å². The van der Waals surface area contributed by atoms with Gasteiger partial charge in [-0.3, -0.25) is 4.79 Å². The van der Waals surface area contributed by atoms with Crippen LogP contribution in [0.4, 0.5) is 0 Å². The van der Waals surface area contributed by atoms with Crippen LogP contribution in [0.5, 0.6) is 0 Å². The van der Waals surface area contributed by atoms with Gasteiger partial charge >= 0.3 is 7.87 Å². The van der Waals surface area contributed by atoms with Crippen molar-refractivity contribution < 1.29 is 14.6 Å². The van der Waals surface area contributed by atoms with Gasteiger partial charge in [0.2, 0.25) is 0 Å². The number of aryl methyl sites for hydroxylation is 1. The maximum absolute atomic E-state index is 10.8. The van der Waals surface area contributed by atoms with Crippen molar-refractivity contribution in [3.63, 3.8) is 0 Å².